The van der Waals surface area contributed by atoms with E-state index in [0.29, 0.717) is 0 Å². The van der Waals surface area contributed by atoms with Gasteiger partial charge in [0.2, 0.25) is 0 Å². The standard InChI is InChI=1S/C12H14BrN3/c1-8-9(4-3-5-10(8)13)12(14)11-6-7-16(2)15-11/h3-7,12H,14H2,1-2H3. The summed E-state index contributed by atoms with van der Waals surface area (Å²) in [5.74, 6) is 0. The molecule has 16 heavy (non-hydrogen) atoms. The summed E-state index contributed by atoms with van der Waals surface area (Å²) in [6.07, 6.45) is 1.91. The fourth-order valence-electron chi connectivity index (χ4n) is 1.72. The van der Waals surface area contributed by atoms with E-state index < -0.39 is 0 Å². The molecular formula is C12H14BrN3. The summed E-state index contributed by atoms with van der Waals surface area (Å²) >= 11 is 3.51. The fourth-order valence-corrected chi connectivity index (χ4v) is 2.10. The highest BCUT2D eigenvalue weighted by atomic mass is 79.9. The molecule has 0 aliphatic rings. The molecule has 0 bridgehead atoms. The van der Waals surface area contributed by atoms with Crippen molar-refractivity contribution in [1.82, 2.24) is 9.78 Å². The van der Waals surface area contributed by atoms with E-state index in [1.165, 1.54) is 5.56 Å². The molecule has 0 aliphatic carbocycles. The van der Waals surface area contributed by atoms with Gasteiger partial charge in [-0.25, -0.2) is 0 Å². The van der Waals surface area contributed by atoms with Crippen molar-refractivity contribution < 1.29 is 0 Å². The summed E-state index contributed by atoms with van der Waals surface area (Å²) in [5, 5.41) is 4.33. The summed E-state index contributed by atoms with van der Waals surface area (Å²) in [7, 11) is 1.89. The Morgan fingerprint density at radius 3 is 2.75 bits per heavy atom. The van der Waals surface area contributed by atoms with Crippen LogP contribution in [0.2, 0.25) is 0 Å². The van der Waals surface area contributed by atoms with Gasteiger partial charge in [-0.15, -0.1) is 0 Å². The zero-order valence-corrected chi connectivity index (χ0v) is 10.9. The summed E-state index contributed by atoms with van der Waals surface area (Å²) < 4.78 is 2.85. The minimum atomic E-state index is -0.168. The maximum absolute atomic E-state index is 6.20. The molecule has 3 nitrogen and oxygen atoms in total. The Hall–Kier alpha value is -1.13. The van der Waals surface area contributed by atoms with Gasteiger partial charge < -0.3 is 5.73 Å². The first-order valence-electron chi connectivity index (χ1n) is 5.09. The summed E-state index contributed by atoms with van der Waals surface area (Å²) in [4.78, 5) is 0. The van der Waals surface area contributed by atoms with Crippen LogP contribution < -0.4 is 5.73 Å². The lowest BCUT2D eigenvalue weighted by Gasteiger charge is -2.13. The fraction of sp³-hybridized carbons (Fsp3) is 0.250. The molecule has 1 atom stereocenters. The summed E-state index contributed by atoms with van der Waals surface area (Å²) in [6.45, 7) is 2.06. The van der Waals surface area contributed by atoms with E-state index in [0.717, 1.165) is 15.7 Å². The molecule has 4 heteroatoms. The molecule has 0 saturated heterocycles. The third-order valence-corrected chi connectivity index (χ3v) is 3.56. The van der Waals surface area contributed by atoms with Gasteiger partial charge in [-0.2, -0.15) is 5.10 Å². The maximum Gasteiger partial charge on any atom is 0.0837 e. The Kier molecular flexibility index (Phi) is 3.12. The molecule has 0 aliphatic heterocycles. The SMILES string of the molecule is Cc1c(Br)cccc1C(N)c1ccn(C)n1. The van der Waals surface area contributed by atoms with Gasteiger partial charge in [0.1, 0.15) is 0 Å². The van der Waals surface area contributed by atoms with Crippen molar-refractivity contribution >= 4 is 15.9 Å². The first-order valence-corrected chi connectivity index (χ1v) is 5.89. The van der Waals surface area contributed by atoms with E-state index in [1.807, 2.05) is 37.5 Å². The van der Waals surface area contributed by atoms with Crippen molar-refractivity contribution in [2.75, 3.05) is 0 Å². The van der Waals surface area contributed by atoms with Gasteiger partial charge in [0.25, 0.3) is 0 Å². The molecule has 1 unspecified atom stereocenters. The molecule has 0 radical (unpaired) electrons. The van der Waals surface area contributed by atoms with Gasteiger partial charge in [0, 0.05) is 17.7 Å². The second kappa shape index (κ2) is 4.39. The number of nitrogens with zero attached hydrogens (tertiary/aromatic N) is 2. The number of benzene rings is 1. The van der Waals surface area contributed by atoms with Crippen LogP contribution in [0.3, 0.4) is 0 Å². The lowest BCUT2D eigenvalue weighted by atomic mass is 10.00. The highest BCUT2D eigenvalue weighted by Crippen LogP contribution is 2.26. The van der Waals surface area contributed by atoms with Gasteiger partial charge in [-0.3, -0.25) is 4.68 Å². The van der Waals surface area contributed by atoms with Crippen molar-refractivity contribution in [2.45, 2.75) is 13.0 Å². The number of hydrogen-bond donors (Lipinski definition) is 1. The highest BCUT2D eigenvalue weighted by Gasteiger charge is 2.14. The van der Waals surface area contributed by atoms with Crippen LogP contribution in [0.25, 0.3) is 0 Å². The minimum Gasteiger partial charge on any atom is -0.319 e. The van der Waals surface area contributed by atoms with E-state index in [2.05, 4.69) is 28.0 Å². The normalized spacial score (nSPS) is 12.8. The second-order valence-corrected chi connectivity index (χ2v) is 4.70. The molecular weight excluding hydrogens is 266 g/mol. The van der Waals surface area contributed by atoms with E-state index in [1.54, 1.807) is 4.68 Å². The van der Waals surface area contributed by atoms with Gasteiger partial charge in [0.15, 0.2) is 0 Å². The zero-order chi connectivity index (χ0) is 11.7. The Morgan fingerprint density at radius 1 is 1.38 bits per heavy atom. The van der Waals surface area contributed by atoms with Crippen LogP contribution >= 0.6 is 15.9 Å². The smallest absolute Gasteiger partial charge is 0.0837 e. The Morgan fingerprint density at radius 2 is 2.12 bits per heavy atom. The molecule has 0 spiro atoms. The number of nitrogens with two attached hydrogens (primary N) is 1. The first kappa shape index (κ1) is 11.4. The molecule has 2 aromatic rings. The van der Waals surface area contributed by atoms with Crippen LogP contribution in [-0.2, 0) is 7.05 Å². The predicted molar refractivity (Wildman–Crippen MR) is 68.1 cm³/mol. The van der Waals surface area contributed by atoms with Crippen LogP contribution in [-0.4, -0.2) is 9.78 Å². The predicted octanol–water partition coefficient (Wildman–Crippen LogP) is 2.54. The maximum atomic E-state index is 6.20. The number of hydrogen-bond acceptors (Lipinski definition) is 2. The van der Waals surface area contributed by atoms with Gasteiger partial charge >= 0.3 is 0 Å². The van der Waals surface area contributed by atoms with Crippen molar-refractivity contribution in [1.29, 1.82) is 0 Å². The highest BCUT2D eigenvalue weighted by molar-refractivity contribution is 9.10. The molecule has 1 heterocycles. The van der Waals surface area contributed by atoms with Crippen molar-refractivity contribution in [3.8, 4) is 0 Å². The molecule has 0 amide bonds. The average molecular weight is 280 g/mol. The largest absolute Gasteiger partial charge is 0.319 e. The van der Waals surface area contributed by atoms with Crippen LogP contribution in [0.4, 0.5) is 0 Å². The molecule has 1 aromatic carbocycles. The molecule has 84 valence electrons. The van der Waals surface area contributed by atoms with Crippen molar-refractivity contribution in [2.24, 2.45) is 12.8 Å². The van der Waals surface area contributed by atoms with Gasteiger partial charge in [-0.05, 0) is 30.2 Å². The third-order valence-electron chi connectivity index (χ3n) is 2.70. The van der Waals surface area contributed by atoms with Crippen LogP contribution in [0.5, 0.6) is 0 Å². The summed E-state index contributed by atoms with van der Waals surface area (Å²) in [6, 6.07) is 7.84. The van der Waals surface area contributed by atoms with E-state index in [4.69, 9.17) is 5.73 Å². The number of aromatic nitrogens is 2. The van der Waals surface area contributed by atoms with E-state index >= 15 is 0 Å². The summed E-state index contributed by atoms with van der Waals surface area (Å²) in [5.41, 5.74) is 9.37. The van der Waals surface area contributed by atoms with Gasteiger partial charge in [-0.1, -0.05) is 28.1 Å². The Labute approximate surface area is 103 Å². The van der Waals surface area contributed by atoms with Crippen LogP contribution in [0, 0.1) is 6.92 Å². The average Bonchev–Trinajstić information content (AvgIpc) is 2.68. The number of halogens is 1. The minimum absolute atomic E-state index is 0.168. The lowest BCUT2D eigenvalue weighted by molar-refractivity contribution is 0.714. The monoisotopic (exact) mass is 279 g/mol. The van der Waals surface area contributed by atoms with E-state index in [9.17, 15) is 0 Å². The molecule has 0 fully saturated rings. The first-order chi connectivity index (χ1) is 7.59. The van der Waals surface area contributed by atoms with Crippen LogP contribution in [0.1, 0.15) is 22.9 Å². The Balaban J connectivity index is 2.41. The van der Waals surface area contributed by atoms with Crippen molar-refractivity contribution in [3.05, 3.63) is 51.8 Å². The molecule has 1 aromatic heterocycles. The zero-order valence-electron chi connectivity index (χ0n) is 9.31. The quantitative estimate of drug-likeness (QED) is 0.918. The second-order valence-electron chi connectivity index (χ2n) is 3.85. The molecule has 2 rings (SSSR count). The molecule has 0 saturated carbocycles. The van der Waals surface area contributed by atoms with Gasteiger partial charge in [0.05, 0.1) is 11.7 Å². The number of aryl methyl sites for hydroxylation is 1. The third kappa shape index (κ3) is 2.03. The van der Waals surface area contributed by atoms with Crippen molar-refractivity contribution in [3.63, 3.8) is 0 Å². The Bertz CT molecular complexity index is 505. The van der Waals surface area contributed by atoms with E-state index in [-0.39, 0.29) is 6.04 Å². The topological polar surface area (TPSA) is 43.8 Å². The number of rotatable bonds is 2. The lowest BCUT2D eigenvalue weighted by Crippen LogP contribution is -2.14. The molecule has 2 N–H and O–H groups in total. The van der Waals surface area contributed by atoms with Crippen LogP contribution in [0.15, 0.2) is 34.9 Å².